The zero-order valence-corrected chi connectivity index (χ0v) is 7.94. The van der Waals surface area contributed by atoms with Crippen LogP contribution in [-0.4, -0.2) is 21.7 Å². The van der Waals surface area contributed by atoms with Crippen molar-refractivity contribution in [2.75, 3.05) is 6.54 Å². The van der Waals surface area contributed by atoms with Gasteiger partial charge in [-0.05, 0) is 26.0 Å². The number of rotatable bonds is 1. The van der Waals surface area contributed by atoms with Gasteiger partial charge in [-0.1, -0.05) is 5.73 Å². The molecule has 3 heteroatoms. The molecule has 0 aromatic heterocycles. The molecule has 0 aromatic carbocycles. The first-order chi connectivity index (χ1) is 6.33. The largest absolute Gasteiger partial charge is 0.266 e. The third-order valence-corrected chi connectivity index (χ3v) is 2.11. The van der Waals surface area contributed by atoms with Crippen LogP contribution in [-0.2, 0) is 0 Å². The van der Waals surface area contributed by atoms with Crippen molar-refractivity contribution in [3.05, 3.63) is 42.2 Å². The van der Waals surface area contributed by atoms with Crippen LogP contribution in [0.25, 0.3) is 0 Å². The van der Waals surface area contributed by atoms with E-state index in [0.717, 1.165) is 6.54 Å². The number of allylic oxidation sites excluding steroid dienone is 3. The predicted molar refractivity (Wildman–Crippen MR) is 51.6 cm³/mol. The van der Waals surface area contributed by atoms with Crippen LogP contribution >= 0.6 is 0 Å². The van der Waals surface area contributed by atoms with Crippen LogP contribution in [0.2, 0.25) is 0 Å². The maximum Gasteiger partial charge on any atom is 0.0717 e. The van der Waals surface area contributed by atoms with E-state index in [1.165, 1.54) is 5.70 Å². The molecule has 0 saturated carbocycles. The minimum Gasteiger partial charge on any atom is -0.266 e. The lowest BCUT2D eigenvalue weighted by Crippen LogP contribution is -2.47. The first-order valence-corrected chi connectivity index (χ1v) is 4.45. The Balaban J connectivity index is 2.33. The highest BCUT2D eigenvalue weighted by molar-refractivity contribution is 5.16. The fraction of sp³-hybridized carbons (Fsp3) is 0.300. The Morgan fingerprint density at radius 2 is 2.23 bits per heavy atom. The van der Waals surface area contributed by atoms with Crippen LogP contribution in [0.3, 0.4) is 0 Å². The van der Waals surface area contributed by atoms with E-state index in [9.17, 15) is 0 Å². The molecule has 0 amide bonds. The average Bonchev–Trinajstić information content (AvgIpc) is 2.17. The molecule has 0 spiro atoms. The van der Waals surface area contributed by atoms with Gasteiger partial charge < -0.3 is 0 Å². The van der Waals surface area contributed by atoms with E-state index in [-0.39, 0.29) is 0 Å². The summed E-state index contributed by atoms with van der Waals surface area (Å²) in [7, 11) is 0. The zero-order chi connectivity index (χ0) is 9.26. The Kier molecular flexibility index (Phi) is 1.87. The van der Waals surface area contributed by atoms with Gasteiger partial charge in [-0.3, -0.25) is 5.01 Å². The van der Waals surface area contributed by atoms with Crippen molar-refractivity contribution >= 4 is 0 Å². The highest BCUT2D eigenvalue weighted by atomic mass is 15.9. The van der Waals surface area contributed by atoms with Gasteiger partial charge >= 0.3 is 0 Å². The SMILES string of the molecule is CCN1C=C=CN2C=CC=C(C)N21. The molecule has 0 saturated heterocycles. The highest BCUT2D eigenvalue weighted by Gasteiger charge is 2.19. The van der Waals surface area contributed by atoms with Gasteiger partial charge in [-0.15, -0.1) is 0 Å². The quantitative estimate of drug-likeness (QED) is 0.563. The summed E-state index contributed by atoms with van der Waals surface area (Å²) >= 11 is 0. The van der Waals surface area contributed by atoms with Crippen molar-refractivity contribution in [1.82, 2.24) is 15.1 Å². The van der Waals surface area contributed by atoms with Crippen LogP contribution in [0.4, 0.5) is 0 Å². The van der Waals surface area contributed by atoms with Crippen LogP contribution in [0.1, 0.15) is 13.8 Å². The maximum atomic E-state index is 3.09. The molecule has 0 bridgehead atoms. The Labute approximate surface area is 78.5 Å². The number of nitrogens with zero attached hydrogens (tertiary/aromatic N) is 3. The van der Waals surface area contributed by atoms with Crippen molar-refractivity contribution in [2.45, 2.75) is 13.8 Å². The second kappa shape index (κ2) is 3.04. The number of fused-ring (bicyclic) bond motifs is 1. The van der Waals surface area contributed by atoms with Crippen molar-refractivity contribution < 1.29 is 0 Å². The maximum absolute atomic E-state index is 3.09. The Hall–Kier alpha value is -1.60. The van der Waals surface area contributed by atoms with Gasteiger partial charge in [0.2, 0.25) is 0 Å². The zero-order valence-electron chi connectivity index (χ0n) is 7.94. The fourth-order valence-electron chi connectivity index (χ4n) is 1.49. The standard InChI is InChI=1S/C10H13N3/c1-3-11-8-5-9-12-7-4-6-10(2)13(11)12/h4,6-9H,3H2,1-2H3. The molecule has 2 heterocycles. The molecule has 2 rings (SSSR count). The lowest BCUT2D eigenvalue weighted by Gasteiger charge is -2.43. The minimum absolute atomic E-state index is 0.941. The van der Waals surface area contributed by atoms with Crippen LogP contribution in [0, 0.1) is 0 Å². The lowest BCUT2D eigenvalue weighted by atomic mass is 10.3. The van der Waals surface area contributed by atoms with Gasteiger partial charge in [0.25, 0.3) is 0 Å². The van der Waals surface area contributed by atoms with Gasteiger partial charge in [0, 0.05) is 12.7 Å². The van der Waals surface area contributed by atoms with E-state index in [1.807, 2.05) is 29.7 Å². The van der Waals surface area contributed by atoms with E-state index in [1.54, 1.807) is 0 Å². The van der Waals surface area contributed by atoms with E-state index in [0.29, 0.717) is 0 Å². The second-order valence-electron chi connectivity index (χ2n) is 3.00. The van der Waals surface area contributed by atoms with Crippen molar-refractivity contribution in [1.29, 1.82) is 0 Å². The third-order valence-electron chi connectivity index (χ3n) is 2.11. The Morgan fingerprint density at radius 1 is 1.38 bits per heavy atom. The molecule has 0 unspecified atom stereocenters. The normalized spacial score (nSPS) is 19.2. The van der Waals surface area contributed by atoms with Gasteiger partial charge in [-0.2, -0.15) is 5.12 Å². The molecular weight excluding hydrogens is 162 g/mol. The monoisotopic (exact) mass is 175 g/mol. The topological polar surface area (TPSA) is 9.72 Å². The molecule has 0 N–H and O–H groups in total. The molecule has 0 aromatic rings. The lowest BCUT2D eigenvalue weighted by molar-refractivity contribution is -0.0772. The summed E-state index contributed by atoms with van der Waals surface area (Å²) in [5.74, 6) is 0. The van der Waals surface area contributed by atoms with Crippen LogP contribution < -0.4 is 0 Å². The number of hydrazine groups is 2. The minimum atomic E-state index is 0.941. The average molecular weight is 175 g/mol. The summed E-state index contributed by atoms with van der Waals surface area (Å²) in [6.07, 6.45) is 10.00. The van der Waals surface area contributed by atoms with Crippen molar-refractivity contribution in [3.63, 3.8) is 0 Å². The number of hydrogen-bond donors (Lipinski definition) is 0. The first-order valence-electron chi connectivity index (χ1n) is 4.45. The first kappa shape index (κ1) is 8.02. The summed E-state index contributed by atoms with van der Waals surface area (Å²) < 4.78 is 0. The molecule has 68 valence electrons. The van der Waals surface area contributed by atoms with E-state index in [4.69, 9.17) is 0 Å². The Morgan fingerprint density at radius 3 is 3.00 bits per heavy atom. The molecule has 0 fully saturated rings. The van der Waals surface area contributed by atoms with Crippen LogP contribution in [0.15, 0.2) is 42.2 Å². The van der Waals surface area contributed by atoms with Gasteiger partial charge in [0.15, 0.2) is 0 Å². The molecule has 0 atom stereocenters. The highest BCUT2D eigenvalue weighted by Crippen LogP contribution is 2.19. The van der Waals surface area contributed by atoms with Crippen molar-refractivity contribution in [3.8, 4) is 0 Å². The number of hydrogen-bond acceptors (Lipinski definition) is 3. The molecule has 13 heavy (non-hydrogen) atoms. The Bertz CT molecular complexity index is 321. The predicted octanol–water partition coefficient (Wildman–Crippen LogP) is 1.81. The van der Waals surface area contributed by atoms with Gasteiger partial charge in [0.05, 0.1) is 18.1 Å². The molecule has 2 aliphatic heterocycles. The van der Waals surface area contributed by atoms with E-state index < -0.39 is 0 Å². The molecule has 0 radical (unpaired) electrons. The summed E-state index contributed by atoms with van der Waals surface area (Å²) in [6.45, 7) is 5.15. The molecule has 2 aliphatic rings. The summed E-state index contributed by atoms with van der Waals surface area (Å²) in [5, 5.41) is 6.23. The summed E-state index contributed by atoms with van der Waals surface area (Å²) in [6, 6.07) is 0. The third kappa shape index (κ3) is 1.23. The fourth-order valence-corrected chi connectivity index (χ4v) is 1.49. The smallest absolute Gasteiger partial charge is 0.0717 e. The van der Waals surface area contributed by atoms with E-state index in [2.05, 4.69) is 35.8 Å². The second-order valence-corrected chi connectivity index (χ2v) is 3.00. The molecular formula is C10H13N3. The molecule has 0 aliphatic carbocycles. The molecule has 3 nitrogen and oxygen atoms in total. The summed E-state index contributed by atoms with van der Waals surface area (Å²) in [4.78, 5) is 0. The van der Waals surface area contributed by atoms with Crippen LogP contribution in [0.5, 0.6) is 0 Å². The van der Waals surface area contributed by atoms with Gasteiger partial charge in [-0.25, -0.2) is 5.01 Å². The van der Waals surface area contributed by atoms with Gasteiger partial charge in [0.1, 0.15) is 0 Å². The summed E-state index contributed by atoms with van der Waals surface area (Å²) in [5.41, 5.74) is 4.29. The van der Waals surface area contributed by atoms with Crippen molar-refractivity contribution in [2.24, 2.45) is 0 Å². The van der Waals surface area contributed by atoms with E-state index >= 15 is 0 Å².